The highest BCUT2D eigenvalue weighted by Gasteiger charge is 2.31. The zero-order valence-corrected chi connectivity index (χ0v) is 13.3. The summed E-state index contributed by atoms with van der Waals surface area (Å²) in [6.45, 7) is 6.61. The second-order valence-electron chi connectivity index (χ2n) is 6.58. The van der Waals surface area contributed by atoms with Gasteiger partial charge >= 0.3 is 0 Å². The Morgan fingerprint density at radius 3 is 2.29 bits per heavy atom. The molecular weight excluding hydrogens is 254 g/mol. The Hall–Kier alpha value is -1.60. The van der Waals surface area contributed by atoms with Crippen LogP contribution in [-0.4, -0.2) is 6.04 Å². The van der Waals surface area contributed by atoms with Crippen LogP contribution >= 0.6 is 0 Å². The molecule has 0 aliphatic heterocycles. The molecule has 0 heterocycles. The molecule has 2 aromatic carbocycles. The number of nitrogens with one attached hydrogen (secondary N) is 1. The van der Waals surface area contributed by atoms with E-state index in [1.807, 2.05) is 0 Å². The van der Waals surface area contributed by atoms with Gasteiger partial charge in [-0.15, -0.1) is 0 Å². The lowest BCUT2D eigenvalue weighted by molar-refractivity contribution is 0.271. The minimum absolute atomic E-state index is 0.438. The van der Waals surface area contributed by atoms with Crippen LogP contribution in [0.4, 0.5) is 0 Å². The van der Waals surface area contributed by atoms with Gasteiger partial charge in [-0.2, -0.15) is 0 Å². The summed E-state index contributed by atoms with van der Waals surface area (Å²) >= 11 is 0. The quantitative estimate of drug-likeness (QED) is 0.839. The highest BCUT2D eigenvalue weighted by atomic mass is 15.0. The first-order valence-electron chi connectivity index (χ1n) is 8.01. The minimum atomic E-state index is 0.438. The average molecular weight is 279 g/mol. The van der Waals surface area contributed by atoms with E-state index in [-0.39, 0.29) is 0 Å². The lowest BCUT2D eigenvalue weighted by Crippen LogP contribution is -2.41. The molecule has 0 bridgehead atoms. The van der Waals surface area contributed by atoms with Gasteiger partial charge in [0.05, 0.1) is 0 Å². The summed E-state index contributed by atoms with van der Waals surface area (Å²) in [5.74, 6) is 0.743. The van der Waals surface area contributed by atoms with E-state index in [4.69, 9.17) is 0 Å². The molecule has 0 unspecified atom stereocenters. The van der Waals surface area contributed by atoms with E-state index < -0.39 is 0 Å². The Kier molecular flexibility index (Phi) is 4.12. The van der Waals surface area contributed by atoms with Crippen molar-refractivity contribution in [2.75, 3.05) is 0 Å². The van der Waals surface area contributed by atoms with Gasteiger partial charge in [-0.1, -0.05) is 59.7 Å². The SMILES string of the molecule is Cc1cccc(C2CC(N[C@@H](C)c3cccc(C)c3)C2)c1. The standard InChI is InChI=1S/C20H25N/c1-14-6-4-8-17(10-14)16(3)21-20-12-19(13-20)18-9-5-7-15(2)11-18/h4-11,16,19-21H,12-13H2,1-3H3/t16-,19?,20?/m0/s1. The van der Waals surface area contributed by atoms with Gasteiger partial charge < -0.3 is 5.32 Å². The normalized spacial score (nSPS) is 22.6. The van der Waals surface area contributed by atoms with Crippen LogP contribution in [0.1, 0.15) is 54.0 Å². The number of hydrogen-bond donors (Lipinski definition) is 1. The highest BCUT2D eigenvalue weighted by molar-refractivity contribution is 5.28. The molecule has 0 amide bonds. The number of rotatable bonds is 4. The van der Waals surface area contributed by atoms with Crippen molar-refractivity contribution < 1.29 is 0 Å². The summed E-state index contributed by atoms with van der Waals surface area (Å²) in [5, 5.41) is 3.77. The predicted octanol–water partition coefficient (Wildman–Crippen LogP) is 4.90. The van der Waals surface area contributed by atoms with Crippen LogP contribution < -0.4 is 5.32 Å². The fourth-order valence-corrected chi connectivity index (χ4v) is 3.34. The van der Waals surface area contributed by atoms with Gasteiger partial charge in [-0.25, -0.2) is 0 Å². The second-order valence-corrected chi connectivity index (χ2v) is 6.58. The molecule has 1 N–H and O–H groups in total. The zero-order chi connectivity index (χ0) is 14.8. The van der Waals surface area contributed by atoms with E-state index in [1.165, 1.54) is 35.1 Å². The summed E-state index contributed by atoms with van der Waals surface area (Å²) in [6, 6.07) is 18.9. The molecule has 0 spiro atoms. The van der Waals surface area contributed by atoms with Crippen molar-refractivity contribution in [3.63, 3.8) is 0 Å². The van der Waals surface area contributed by atoms with Crippen LogP contribution in [-0.2, 0) is 0 Å². The van der Waals surface area contributed by atoms with Crippen LogP contribution in [0.2, 0.25) is 0 Å². The van der Waals surface area contributed by atoms with Crippen LogP contribution in [0.3, 0.4) is 0 Å². The van der Waals surface area contributed by atoms with Crippen LogP contribution in [0.25, 0.3) is 0 Å². The Bertz CT molecular complexity index is 611. The third kappa shape index (κ3) is 3.36. The van der Waals surface area contributed by atoms with Gasteiger partial charge in [-0.05, 0) is 50.7 Å². The molecule has 0 radical (unpaired) electrons. The van der Waals surface area contributed by atoms with E-state index in [0.717, 1.165) is 5.92 Å². The molecule has 1 nitrogen and oxygen atoms in total. The molecule has 1 aliphatic rings. The molecule has 110 valence electrons. The summed E-state index contributed by atoms with van der Waals surface area (Å²) in [6.07, 6.45) is 2.53. The molecule has 21 heavy (non-hydrogen) atoms. The van der Waals surface area contributed by atoms with Crippen molar-refractivity contribution in [2.45, 2.75) is 51.6 Å². The first-order chi connectivity index (χ1) is 10.1. The molecular formula is C20H25N. The molecule has 1 heteroatoms. The van der Waals surface area contributed by atoms with Crippen LogP contribution in [0.15, 0.2) is 48.5 Å². The van der Waals surface area contributed by atoms with Crippen molar-refractivity contribution in [1.82, 2.24) is 5.32 Å². The van der Waals surface area contributed by atoms with Crippen molar-refractivity contribution in [3.8, 4) is 0 Å². The molecule has 1 saturated carbocycles. The van der Waals surface area contributed by atoms with Crippen molar-refractivity contribution in [3.05, 3.63) is 70.8 Å². The van der Waals surface area contributed by atoms with E-state index >= 15 is 0 Å². The lowest BCUT2D eigenvalue weighted by Gasteiger charge is -2.38. The first-order valence-corrected chi connectivity index (χ1v) is 8.01. The maximum absolute atomic E-state index is 3.77. The maximum Gasteiger partial charge on any atom is 0.0294 e. The molecule has 0 saturated heterocycles. The molecule has 0 aromatic heterocycles. The van der Waals surface area contributed by atoms with Gasteiger partial charge in [0.15, 0.2) is 0 Å². The van der Waals surface area contributed by atoms with Gasteiger partial charge in [-0.3, -0.25) is 0 Å². The van der Waals surface area contributed by atoms with E-state index in [2.05, 4.69) is 74.6 Å². The van der Waals surface area contributed by atoms with Crippen molar-refractivity contribution in [1.29, 1.82) is 0 Å². The zero-order valence-electron chi connectivity index (χ0n) is 13.3. The Morgan fingerprint density at radius 2 is 1.62 bits per heavy atom. The second kappa shape index (κ2) is 6.03. The topological polar surface area (TPSA) is 12.0 Å². The van der Waals surface area contributed by atoms with E-state index in [1.54, 1.807) is 0 Å². The van der Waals surface area contributed by atoms with Crippen LogP contribution in [0, 0.1) is 13.8 Å². The van der Waals surface area contributed by atoms with Crippen molar-refractivity contribution in [2.24, 2.45) is 0 Å². The Labute approximate surface area is 128 Å². The number of aryl methyl sites for hydroxylation is 2. The van der Waals surface area contributed by atoms with Gasteiger partial charge in [0, 0.05) is 12.1 Å². The van der Waals surface area contributed by atoms with E-state index in [0.29, 0.717) is 12.1 Å². The first kappa shape index (κ1) is 14.3. The monoisotopic (exact) mass is 279 g/mol. The Morgan fingerprint density at radius 1 is 0.952 bits per heavy atom. The van der Waals surface area contributed by atoms with Gasteiger partial charge in [0.2, 0.25) is 0 Å². The summed E-state index contributed by atoms with van der Waals surface area (Å²) in [7, 11) is 0. The number of hydrogen-bond acceptors (Lipinski definition) is 1. The van der Waals surface area contributed by atoms with Gasteiger partial charge in [0.25, 0.3) is 0 Å². The molecule has 1 atom stereocenters. The smallest absolute Gasteiger partial charge is 0.0294 e. The number of benzene rings is 2. The predicted molar refractivity (Wildman–Crippen MR) is 89.7 cm³/mol. The average Bonchev–Trinajstić information content (AvgIpc) is 2.42. The third-order valence-corrected chi connectivity index (χ3v) is 4.68. The Balaban J connectivity index is 1.55. The fourth-order valence-electron chi connectivity index (χ4n) is 3.34. The molecule has 1 aliphatic carbocycles. The van der Waals surface area contributed by atoms with Gasteiger partial charge in [0.1, 0.15) is 0 Å². The summed E-state index contributed by atoms with van der Waals surface area (Å²) < 4.78 is 0. The van der Waals surface area contributed by atoms with Crippen molar-refractivity contribution >= 4 is 0 Å². The summed E-state index contributed by atoms with van der Waals surface area (Å²) in [5.41, 5.74) is 5.62. The largest absolute Gasteiger partial charge is 0.307 e. The fraction of sp³-hybridized carbons (Fsp3) is 0.400. The molecule has 1 fully saturated rings. The maximum atomic E-state index is 3.77. The summed E-state index contributed by atoms with van der Waals surface area (Å²) in [4.78, 5) is 0. The molecule has 2 aromatic rings. The van der Waals surface area contributed by atoms with Crippen LogP contribution in [0.5, 0.6) is 0 Å². The molecule has 3 rings (SSSR count). The van der Waals surface area contributed by atoms with E-state index in [9.17, 15) is 0 Å². The minimum Gasteiger partial charge on any atom is -0.307 e. The highest BCUT2D eigenvalue weighted by Crippen LogP contribution is 2.38. The lowest BCUT2D eigenvalue weighted by atomic mass is 9.75. The third-order valence-electron chi connectivity index (χ3n) is 4.68.